The van der Waals surface area contributed by atoms with Crippen molar-refractivity contribution in [2.45, 2.75) is 44.2 Å². The quantitative estimate of drug-likeness (QED) is 0.708. The van der Waals surface area contributed by atoms with Crippen molar-refractivity contribution in [1.82, 2.24) is 4.90 Å². The first-order chi connectivity index (χ1) is 7.72. The number of methoxy groups -OCH3 is 1. The SMILES string of the molecule is COC(=O)[C@@H]1CN(C2CCCC2)CC[C@H]1O. The molecule has 1 aliphatic heterocycles. The summed E-state index contributed by atoms with van der Waals surface area (Å²) < 4.78 is 4.75. The van der Waals surface area contributed by atoms with Crippen LogP contribution in [0.15, 0.2) is 0 Å². The summed E-state index contributed by atoms with van der Waals surface area (Å²) >= 11 is 0. The molecule has 0 amide bonds. The summed E-state index contributed by atoms with van der Waals surface area (Å²) in [6, 6.07) is 0.625. The van der Waals surface area contributed by atoms with Crippen LogP contribution >= 0.6 is 0 Å². The Balaban J connectivity index is 1.95. The number of hydrogen-bond acceptors (Lipinski definition) is 4. The van der Waals surface area contributed by atoms with Crippen molar-refractivity contribution in [3.05, 3.63) is 0 Å². The first kappa shape index (κ1) is 11.9. The highest BCUT2D eigenvalue weighted by Crippen LogP contribution is 2.28. The average molecular weight is 227 g/mol. The predicted molar refractivity (Wildman–Crippen MR) is 60.0 cm³/mol. The Morgan fingerprint density at radius 1 is 1.31 bits per heavy atom. The van der Waals surface area contributed by atoms with E-state index in [4.69, 9.17) is 4.74 Å². The van der Waals surface area contributed by atoms with E-state index in [0.29, 0.717) is 19.0 Å². The van der Waals surface area contributed by atoms with Crippen LogP contribution in [-0.4, -0.2) is 48.3 Å². The molecule has 0 bridgehead atoms. The zero-order valence-corrected chi connectivity index (χ0v) is 9.89. The summed E-state index contributed by atoms with van der Waals surface area (Å²) in [6.07, 6.45) is 5.24. The molecule has 1 saturated heterocycles. The van der Waals surface area contributed by atoms with Crippen LogP contribution in [0.4, 0.5) is 0 Å². The lowest BCUT2D eigenvalue weighted by molar-refractivity contribution is -0.153. The highest BCUT2D eigenvalue weighted by molar-refractivity contribution is 5.73. The van der Waals surface area contributed by atoms with Crippen LogP contribution < -0.4 is 0 Å². The van der Waals surface area contributed by atoms with Crippen molar-refractivity contribution < 1.29 is 14.6 Å². The number of likely N-dealkylation sites (tertiary alicyclic amines) is 1. The zero-order valence-electron chi connectivity index (χ0n) is 9.89. The number of carbonyl (C=O) groups is 1. The van der Waals surface area contributed by atoms with Crippen LogP contribution in [0.2, 0.25) is 0 Å². The van der Waals surface area contributed by atoms with Crippen LogP contribution in [0.5, 0.6) is 0 Å². The van der Waals surface area contributed by atoms with E-state index in [-0.39, 0.29) is 11.9 Å². The Hall–Kier alpha value is -0.610. The first-order valence-electron chi connectivity index (χ1n) is 6.22. The fourth-order valence-corrected chi connectivity index (χ4v) is 2.95. The second kappa shape index (κ2) is 5.15. The van der Waals surface area contributed by atoms with Crippen molar-refractivity contribution >= 4 is 5.97 Å². The first-order valence-corrected chi connectivity index (χ1v) is 6.22. The van der Waals surface area contributed by atoms with E-state index >= 15 is 0 Å². The van der Waals surface area contributed by atoms with E-state index in [9.17, 15) is 9.90 Å². The molecule has 2 fully saturated rings. The fraction of sp³-hybridized carbons (Fsp3) is 0.917. The third-order valence-electron chi connectivity index (χ3n) is 3.95. The summed E-state index contributed by atoms with van der Waals surface area (Å²) in [6.45, 7) is 1.58. The molecule has 0 spiro atoms. The molecular formula is C12H21NO3. The number of nitrogens with zero attached hydrogens (tertiary/aromatic N) is 1. The molecule has 1 heterocycles. The third-order valence-corrected chi connectivity index (χ3v) is 3.95. The molecule has 2 rings (SSSR count). The van der Waals surface area contributed by atoms with E-state index in [1.807, 2.05) is 0 Å². The lowest BCUT2D eigenvalue weighted by atomic mass is 9.93. The van der Waals surface area contributed by atoms with Crippen molar-refractivity contribution in [1.29, 1.82) is 0 Å². The molecule has 2 aliphatic rings. The van der Waals surface area contributed by atoms with Gasteiger partial charge in [-0.05, 0) is 19.3 Å². The van der Waals surface area contributed by atoms with Gasteiger partial charge in [-0.25, -0.2) is 0 Å². The van der Waals surface area contributed by atoms with Crippen molar-refractivity contribution in [3.63, 3.8) is 0 Å². The normalized spacial score (nSPS) is 32.9. The Morgan fingerprint density at radius 2 is 2.00 bits per heavy atom. The van der Waals surface area contributed by atoms with Crippen LogP contribution in [0.3, 0.4) is 0 Å². The molecule has 0 aromatic carbocycles. The van der Waals surface area contributed by atoms with Gasteiger partial charge in [0.15, 0.2) is 0 Å². The summed E-state index contributed by atoms with van der Waals surface area (Å²) in [7, 11) is 1.39. The Kier molecular flexibility index (Phi) is 3.82. The van der Waals surface area contributed by atoms with E-state index < -0.39 is 6.10 Å². The second-order valence-electron chi connectivity index (χ2n) is 4.92. The smallest absolute Gasteiger partial charge is 0.312 e. The van der Waals surface area contributed by atoms with Crippen LogP contribution in [0, 0.1) is 5.92 Å². The molecule has 0 aromatic rings. The molecule has 0 aromatic heterocycles. The molecule has 1 aliphatic carbocycles. The van der Waals surface area contributed by atoms with Gasteiger partial charge in [0.05, 0.1) is 19.1 Å². The summed E-state index contributed by atoms with van der Waals surface area (Å²) in [5.74, 6) is -0.616. The molecule has 0 radical (unpaired) electrons. The van der Waals surface area contributed by atoms with Gasteiger partial charge < -0.3 is 9.84 Å². The molecule has 1 saturated carbocycles. The molecule has 16 heavy (non-hydrogen) atoms. The van der Waals surface area contributed by atoms with Gasteiger partial charge in [-0.1, -0.05) is 12.8 Å². The minimum atomic E-state index is -0.523. The maximum absolute atomic E-state index is 11.5. The van der Waals surface area contributed by atoms with Gasteiger partial charge in [0.1, 0.15) is 0 Å². The molecule has 0 unspecified atom stereocenters. The maximum Gasteiger partial charge on any atom is 0.312 e. The Morgan fingerprint density at radius 3 is 2.62 bits per heavy atom. The summed E-state index contributed by atoms with van der Waals surface area (Å²) in [5.41, 5.74) is 0. The predicted octanol–water partition coefficient (Wildman–Crippen LogP) is 0.785. The molecule has 1 N–H and O–H groups in total. The lowest BCUT2D eigenvalue weighted by Gasteiger charge is -2.38. The minimum absolute atomic E-state index is 0.268. The van der Waals surface area contributed by atoms with Gasteiger partial charge in [0.2, 0.25) is 0 Å². The maximum atomic E-state index is 11.5. The average Bonchev–Trinajstić information content (AvgIpc) is 2.82. The highest BCUT2D eigenvalue weighted by Gasteiger charge is 2.36. The number of rotatable bonds is 2. The number of piperidine rings is 1. The molecule has 92 valence electrons. The van der Waals surface area contributed by atoms with Gasteiger partial charge in [0.25, 0.3) is 0 Å². The number of carbonyl (C=O) groups excluding carboxylic acids is 1. The van der Waals surface area contributed by atoms with Crippen molar-refractivity contribution in [3.8, 4) is 0 Å². The summed E-state index contributed by atoms with van der Waals surface area (Å²) in [5, 5.41) is 9.80. The standard InChI is InChI=1S/C12H21NO3/c1-16-12(15)10-8-13(7-6-11(10)14)9-4-2-3-5-9/h9-11,14H,2-8H2,1H3/t10-,11-/m1/s1. The van der Waals surface area contributed by atoms with E-state index in [0.717, 1.165) is 6.54 Å². The molecule has 4 heteroatoms. The summed E-state index contributed by atoms with van der Waals surface area (Å²) in [4.78, 5) is 13.9. The molecular weight excluding hydrogens is 206 g/mol. The Bertz CT molecular complexity index is 251. The highest BCUT2D eigenvalue weighted by atomic mass is 16.5. The van der Waals surface area contributed by atoms with Gasteiger partial charge in [-0.2, -0.15) is 0 Å². The number of aliphatic hydroxyl groups is 1. The van der Waals surface area contributed by atoms with E-state index in [1.54, 1.807) is 0 Å². The minimum Gasteiger partial charge on any atom is -0.469 e. The molecule has 2 atom stereocenters. The van der Waals surface area contributed by atoms with Gasteiger partial charge in [-0.15, -0.1) is 0 Å². The second-order valence-corrected chi connectivity index (χ2v) is 4.92. The molecule has 4 nitrogen and oxygen atoms in total. The number of aliphatic hydroxyl groups excluding tert-OH is 1. The largest absolute Gasteiger partial charge is 0.469 e. The Labute approximate surface area is 96.6 Å². The van der Waals surface area contributed by atoms with Gasteiger partial charge in [0, 0.05) is 19.1 Å². The fourth-order valence-electron chi connectivity index (χ4n) is 2.95. The van der Waals surface area contributed by atoms with Crippen molar-refractivity contribution in [2.75, 3.05) is 20.2 Å². The van der Waals surface area contributed by atoms with Crippen molar-refractivity contribution in [2.24, 2.45) is 5.92 Å². The van der Waals surface area contributed by atoms with Gasteiger partial charge >= 0.3 is 5.97 Å². The lowest BCUT2D eigenvalue weighted by Crippen LogP contribution is -2.49. The van der Waals surface area contributed by atoms with Gasteiger partial charge in [-0.3, -0.25) is 9.69 Å². The topological polar surface area (TPSA) is 49.8 Å². The number of esters is 1. The number of ether oxygens (including phenoxy) is 1. The zero-order chi connectivity index (χ0) is 11.5. The van der Waals surface area contributed by atoms with Crippen LogP contribution in [0.1, 0.15) is 32.1 Å². The number of hydrogen-bond donors (Lipinski definition) is 1. The van der Waals surface area contributed by atoms with Crippen LogP contribution in [-0.2, 0) is 9.53 Å². The van der Waals surface area contributed by atoms with E-state index in [2.05, 4.69) is 4.90 Å². The van der Waals surface area contributed by atoms with E-state index in [1.165, 1.54) is 32.8 Å². The third kappa shape index (κ3) is 2.38. The monoisotopic (exact) mass is 227 g/mol. The van der Waals surface area contributed by atoms with Crippen LogP contribution in [0.25, 0.3) is 0 Å².